The maximum atomic E-state index is 9.36. The smallest absolute Gasteiger partial charge is 0.0602 e. The lowest BCUT2D eigenvalue weighted by molar-refractivity contribution is 0.186. The van der Waals surface area contributed by atoms with Crippen molar-refractivity contribution in [2.75, 3.05) is 29.9 Å². The van der Waals surface area contributed by atoms with Crippen LogP contribution in [0.2, 0.25) is 0 Å². The molecule has 3 heteroatoms. The fraction of sp³-hybridized carbons (Fsp3) is 0.538. The van der Waals surface area contributed by atoms with Gasteiger partial charge < -0.3 is 15.3 Å². The van der Waals surface area contributed by atoms with Crippen LogP contribution in [0.5, 0.6) is 0 Å². The normalized spacial score (nSPS) is 17.2. The third-order valence-corrected chi connectivity index (χ3v) is 2.98. The van der Waals surface area contributed by atoms with Gasteiger partial charge in [-0.05, 0) is 31.9 Å². The van der Waals surface area contributed by atoms with Gasteiger partial charge in [-0.2, -0.15) is 0 Å². The Hall–Kier alpha value is -1.22. The van der Waals surface area contributed by atoms with Crippen LogP contribution in [-0.4, -0.2) is 30.8 Å². The molecule has 88 valence electrons. The highest BCUT2D eigenvalue weighted by Crippen LogP contribution is 2.27. The molecule has 0 spiro atoms. The molecule has 0 saturated carbocycles. The lowest BCUT2D eigenvalue weighted by Crippen LogP contribution is -2.27. The molecule has 0 aromatic heterocycles. The van der Waals surface area contributed by atoms with Crippen molar-refractivity contribution in [2.24, 2.45) is 0 Å². The molecule has 1 unspecified atom stereocenters. The zero-order valence-corrected chi connectivity index (χ0v) is 9.82. The molecule has 0 aliphatic carbocycles. The highest BCUT2D eigenvalue weighted by molar-refractivity contribution is 5.70. The Balaban J connectivity index is 2.12. The molecule has 3 nitrogen and oxygen atoms in total. The number of hydrogen-bond acceptors (Lipinski definition) is 3. The Labute approximate surface area is 97.1 Å². The summed E-state index contributed by atoms with van der Waals surface area (Å²) in [5, 5.41) is 12.8. The SMILES string of the molecule is CC(O)CCN1CCCNc2ccccc21. The summed E-state index contributed by atoms with van der Waals surface area (Å²) >= 11 is 0. The fourth-order valence-corrected chi connectivity index (χ4v) is 2.09. The standard InChI is InChI=1S/C13H20N2O/c1-11(16)7-10-15-9-4-8-14-12-5-2-3-6-13(12)15/h2-3,5-6,11,14,16H,4,7-10H2,1H3. The highest BCUT2D eigenvalue weighted by atomic mass is 16.3. The van der Waals surface area contributed by atoms with Gasteiger partial charge in [0.05, 0.1) is 17.5 Å². The molecule has 2 rings (SSSR count). The number of nitrogens with zero attached hydrogens (tertiary/aromatic N) is 1. The number of anilines is 2. The topological polar surface area (TPSA) is 35.5 Å². The number of para-hydroxylation sites is 2. The summed E-state index contributed by atoms with van der Waals surface area (Å²) in [6, 6.07) is 8.40. The number of aliphatic hydroxyl groups excluding tert-OH is 1. The monoisotopic (exact) mass is 220 g/mol. The molecule has 1 aromatic carbocycles. The molecule has 1 aromatic rings. The second kappa shape index (κ2) is 5.21. The van der Waals surface area contributed by atoms with Crippen molar-refractivity contribution in [3.8, 4) is 0 Å². The van der Waals surface area contributed by atoms with Gasteiger partial charge in [0.2, 0.25) is 0 Å². The first-order chi connectivity index (χ1) is 7.77. The average molecular weight is 220 g/mol. The van der Waals surface area contributed by atoms with Gasteiger partial charge in [-0.25, -0.2) is 0 Å². The number of aliphatic hydroxyl groups is 1. The number of benzene rings is 1. The summed E-state index contributed by atoms with van der Waals surface area (Å²) in [5.41, 5.74) is 2.48. The van der Waals surface area contributed by atoms with Crippen LogP contribution in [0.25, 0.3) is 0 Å². The molecule has 0 radical (unpaired) electrons. The van der Waals surface area contributed by atoms with Crippen LogP contribution < -0.4 is 10.2 Å². The number of fused-ring (bicyclic) bond motifs is 1. The van der Waals surface area contributed by atoms with E-state index in [1.165, 1.54) is 11.4 Å². The van der Waals surface area contributed by atoms with Gasteiger partial charge in [0.1, 0.15) is 0 Å². The molecule has 0 fully saturated rings. The number of nitrogens with one attached hydrogen (secondary N) is 1. The minimum atomic E-state index is -0.219. The van der Waals surface area contributed by atoms with Gasteiger partial charge in [-0.1, -0.05) is 12.1 Å². The van der Waals surface area contributed by atoms with Gasteiger partial charge >= 0.3 is 0 Å². The van der Waals surface area contributed by atoms with E-state index in [1.807, 2.05) is 6.92 Å². The minimum absolute atomic E-state index is 0.219. The van der Waals surface area contributed by atoms with Gasteiger partial charge in [0.15, 0.2) is 0 Å². The fourth-order valence-electron chi connectivity index (χ4n) is 2.09. The maximum absolute atomic E-state index is 9.36. The van der Waals surface area contributed by atoms with Gasteiger partial charge in [-0.3, -0.25) is 0 Å². The van der Waals surface area contributed by atoms with E-state index >= 15 is 0 Å². The van der Waals surface area contributed by atoms with Crippen molar-refractivity contribution in [3.63, 3.8) is 0 Å². The Morgan fingerprint density at radius 1 is 1.44 bits per heavy atom. The predicted octanol–water partition coefficient (Wildman–Crippen LogP) is 2.08. The van der Waals surface area contributed by atoms with Crippen LogP contribution in [0.1, 0.15) is 19.8 Å². The molecular weight excluding hydrogens is 200 g/mol. The minimum Gasteiger partial charge on any atom is -0.393 e. The van der Waals surface area contributed by atoms with E-state index in [1.54, 1.807) is 0 Å². The van der Waals surface area contributed by atoms with Gasteiger partial charge in [0.25, 0.3) is 0 Å². The first-order valence-electron chi connectivity index (χ1n) is 6.03. The van der Waals surface area contributed by atoms with Crippen LogP contribution in [-0.2, 0) is 0 Å². The lowest BCUT2D eigenvalue weighted by atomic mass is 10.2. The Morgan fingerprint density at radius 3 is 3.06 bits per heavy atom. The second-order valence-corrected chi connectivity index (χ2v) is 4.42. The Kier molecular flexibility index (Phi) is 3.67. The van der Waals surface area contributed by atoms with Crippen LogP contribution in [0.4, 0.5) is 11.4 Å². The summed E-state index contributed by atoms with van der Waals surface area (Å²) in [4.78, 5) is 2.36. The molecule has 0 amide bonds. The third-order valence-electron chi connectivity index (χ3n) is 2.98. The Bertz CT molecular complexity index is 338. The lowest BCUT2D eigenvalue weighted by Gasteiger charge is -2.24. The van der Waals surface area contributed by atoms with Gasteiger partial charge in [-0.15, -0.1) is 0 Å². The van der Waals surface area contributed by atoms with Crippen molar-refractivity contribution < 1.29 is 5.11 Å². The van der Waals surface area contributed by atoms with Crippen molar-refractivity contribution in [1.82, 2.24) is 0 Å². The maximum Gasteiger partial charge on any atom is 0.0602 e. The summed E-state index contributed by atoms with van der Waals surface area (Å²) in [6.45, 7) is 4.87. The van der Waals surface area contributed by atoms with Crippen molar-refractivity contribution in [1.29, 1.82) is 0 Å². The zero-order valence-electron chi connectivity index (χ0n) is 9.82. The largest absolute Gasteiger partial charge is 0.393 e. The highest BCUT2D eigenvalue weighted by Gasteiger charge is 2.14. The molecule has 1 atom stereocenters. The first kappa shape index (κ1) is 11.3. The van der Waals surface area contributed by atoms with E-state index in [-0.39, 0.29) is 6.10 Å². The van der Waals surface area contributed by atoms with E-state index in [9.17, 15) is 5.11 Å². The molecule has 1 aliphatic heterocycles. The molecule has 16 heavy (non-hydrogen) atoms. The van der Waals surface area contributed by atoms with E-state index in [2.05, 4.69) is 34.5 Å². The van der Waals surface area contributed by atoms with E-state index < -0.39 is 0 Å². The summed E-state index contributed by atoms with van der Waals surface area (Å²) in [6.07, 6.45) is 1.76. The predicted molar refractivity (Wildman–Crippen MR) is 68.1 cm³/mol. The third kappa shape index (κ3) is 2.67. The Morgan fingerprint density at radius 2 is 2.25 bits per heavy atom. The summed E-state index contributed by atoms with van der Waals surface area (Å²) < 4.78 is 0. The van der Waals surface area contributed by atoms with E-state index in [0.29, 0.717) is 0 Å². The van der Waals surface area contributed by atoms with Crippen molar-refractivity contribution in [2.45, 2.75) is 25.9 Å². The molecule has 0 saturated heterocycles. The van der Waals surface area contributed by atoms with Crippen LogP contribution in [0.15, 0.2) is 24.3 Å². The number of rotatable bonds is 3. The van der Waals surface area contributed by atoms with Crippen LogP contribution in [0.3, 0.4) is 0 Å². The molecule has 0 bridgehead atoms. The zero-order chi connectivity index (χ0) is 11.4. The first-order valence-corrected chi connectivity index (χ1v) is 6.03. The molecule has 2 N–H and O–H groups in total. The van der Waals surface area contributed by atoms with Crippen molar-refractivity contribution >= 4 is 11.4 Å². The van der Waals surface area contributed by atoms with E-state index in [4.69, 9.17) is 0 Å². The molecule has 1 heterocycles. The average Bonchev–Trinajstić information content (AvgIpc) is 2.48. The van der Waals surface area contributed by atoms with Crippen LogP contribution >= 0.6 is 0 Å². The molecular formula is C13H20N2O. The molecule has 1 aliphatic rings. The quantitative estimate of drug-likeness (QED) is 0.818. The summed E-state index contributed by atoms with van der Waals surface area (Å²) in [5.74, 6) is 0. The second-order valence-electron chi connectivity index (χ2n) is 4.42. The summed E-state index contributed by atoms with van der Waals surface area (Å²) in [7, 11) is 0. The van der Waals surface area contributed by atoms with E-state index in [0.717, 1.165) is 32.5 Å². The van der Waals surface area contributed by atoms with Crippen molar-refractivity contribution in [3.05, 3.63) is 24.3 Å². The van der Waals surface area contributed by atoms with Crippen LogP contribution in [0, 0.1) is 0 Å². The van der Waals surface area contributed by atoms with Gasteiger partial charge in [0, 0.05) is 19.6 Å². The number of hydrogen-bond donors (Lipinski definition) is 2.